The molecular formula is C19H21F3N4O. The second-order valence-electron chi connectivity index (χ2n) is 6.54. The quantitative estimate of drug-likeness (QED) is 0.746. The van der Waals surface area contributed by atoms with E-state index in [1.165, 1.54) is 6.07 Å². The highest BCUT2D eigenvalue weighted by Gasteiger charge is 2.31. The Morgan fingerprint density at radius 1 is 1.26 bits per heavy atom. The van der Waals surface area contributed by atoms with E-state index in [4.69, 9.17) is 10.9 Å². The van der Waals surface area contributed by atoms with Gasteiger partial charge in [0.2, 0.25) is 11.7 Å². The molecule has 8 heteroatoms. The minimum Gasteiger partial charge on any atom is -0.337 e. The van der Waals surface area contributed by atoms with Crippen LogP contribution in [0.25, 0.3) is 11.4 Å². The van der Waals surface area contributed by atoms with Gasteiger partial charge in [-0.1, -0.05) is 17.3 Å². The maximum atomic E-state index is 12.9. The second kappa shape index (κ2) is 8.11. The highest BCUT2D eigenvalue weighted by molar-refractivity contribution is 5.55. The van der Waals surface area contributed by atoms with E-state index in [1.807, 2.05) is 6.92 Å². The number of alkyl halides is 3. The number of benzene rings is 1. The van der Waals surface area contributed by atoms with Crippen LogP contribution in [0, 0.1) is 12.3 Å². The Morgan fingerprint density at radius 3 is 2.67 bits per heavy atom. The molecule has 0 N–H and O–H groups in total. The summed E-state index contributed by atoms with van der Waals surface area (Å²) < 4.78 is 44.0. The third-order valence-corrected chi connectivity index (χ3v) is 4.77. The average molecular weight is 378 g/mol. The highest BCUT2D eigenvalue weighted by atomic mass is 19.4. The summed E-state index contributed by atoms with van der Waals surface area (Å²) in [5.41, 5.74) is -0.450. The lowest BCUT2D eigenvalue weighted by atomic mass is 10.1. The second-order valence-corrected chi connectivity index (χ2v) is 6.54. The normalized spacial score (nSPS) is 17.6. The van der Waals surface area contributed by atoms with Gasteiger partial charge in [-0.2, -0.15) is 18.2 Å². The van der Waals surface area contributed by atoms with E-state index in [0.29, 0.717) is 5.89 Å². The van der Waals surface area contributed by atoms with Gasteiger partial charge in [0, 0.05) is 44.7 Å². The summed E-state index contributed by atoms with van der Waals surface area (Å²) in [6.07, 6.45) is 1.63. The number of piperazine rings is 1. The number of hydrogen-bond acceptors (Lipinski definition) is 5. The molecule has 1 aromatic carbocycles. The van der Waals surface area contributed by atoms with E-state index in [1.54, 1.807) is 6.07 Å². The van der Waals surface area contributed by atoms with Crippen molar-refractivity contribution in [1.29, 1.82) is 0 Å². The van der Waals surface area contributed by atoms with Crippen molar-refractivity contribution in [3.8, 4) is 23.7 Å². The molecule has 5 nitrogen and oxygen atoms in total. The Hall–Kier alpha value is -2.37. The van der Waals surface area contributed by atoms with Crippen molar-refractivity contribution in [3.05, 3.63) is 35.7 Å². The van der Waals surface area contributed by atoms with E-state index in [2.05, 4.69) is 25.9 Å². The Bertz CT molecular complexity index is 804. The van der Waals surface area contributed by atoms with Crippen LogP contribution in [0.3, 0.4) is 0 Å². The summed E-state index contributed by atoms with van der Waals surface area (Å²) in [6.45, 7) is 6.33. The van der Waals surface area contributed by atoms with Gasteiger partial charge >= 0.3 is 6.18 Å². The molecule has 0 bridgehead atoms. The van der Waals surface area contributed by atoms with Crippen LogP contribution in [0.1, 0.15) is 30.8 Å². The Kier molecular flexibility index (Phi) is 5.82. The van der Waals surface area contributed by atoms with Gasteiger partial charge in [-0.25, -0.2) is 0 Å². The van der Waals surface area contributed by atoms with Crippen LogP contribution in [0.4, 0.5) is 13.2 Å². The summed E-state index contributed by atoms with van der Waals surface area (Å²) in [6, 6.07) is 4.83. The van der Waals surface area contributed by atoms with E-state index < -0.39 is 11.7 Å². The summed E-state index contributed by atoms with van der Waals surface area (Å²) >= 11 is 0. The van der Waals surface area contributed by atoms with Crippen molar-refractivity contribution in [2.75, 3.05) is 32.7 Å². The van der Waals surface area contributed by atoms with E-state index >= 15 is 0 Å². The lowest BCUT2D eigenvalue weighted by Gasteiger charge is -2.36. The molecule has 0 spiro atoms. The SMILES string of the molecule is C#CCCN1CCN([C@@H](C)c2nc(-c3cccc(C(F)(F)F)c3)no2)CC1. The largest absolute Gasteiger partial charge is 0.416 e. The van der Waals surface area contributed by atoms with Gasteiger partial charge in [0.1, 0.15) is 0 Å². The van der Waals surface area contributed by atoms with Crippen LogP contribution in [0.2, 0.25) is 0 Å². The maximum Gasteiger partial charge on any atom is 0.416 e. The summed E-state index contributed by atoms with van der Waals surface area (Å²) in [5.74, 6) is 3.21. The highest BCUT2D eigenvalue weighted by Crippen LogP contribution is 2.32. The first-order valence-corrected chi connectivity index (χ1v) is 8.79. The molecule has 2 aromatic rings. The predicted octanol–water partition coefficient (Wildman–Crippen LogP) is 3.46. The van der Waals surface area contributed by atoms with Gasteiger partial charge < -0.3 is 4.52 Å². The van der Waals surface area contributed by atoms with Crippen molar-refractivity contribution in [3.63, 3.8) is 0 Å². The lowest BCUT2D eigenvalue weighted by molar-refractivity contribution is -0.137. The zero-order valence-corrected chi connectivity index (χ0v) is 15.0. The molecule has 0 radical (unpaired) electrons. The van der Waals surface area contributed by atoms with Crippen LogP contribution in [0.5, 0.6) is 0 Å². The zero-order valence-electron chi connectivity index (χ0n) is 15.0. The van der Waals surface area contributed by atoms with Crippen molar-refractivity contribution in [1.82, 2.24) is 19.9 Å². The fourth-order valence-electron chi connectivity index (χ4n) is 3.11. The molecule has 144 valence electrons. The fraction of sp³-hybridized carbons (Fsp3) is 0.474. The number of aromatic nitrogens is 2. The van der Waals surface area contributed by atoms with Crippen LogP contribution in [-0.4, -0.2) is 52.7 Å². The number of nitrogens with zero attached hydrogens (tertiary/aromatic N) is 4. The predicted molar refractivity (Wildman–Crippen MR) is 94.6 cm³/mol. The number of halogens is 3. The molecule has 1 saturated heterocycles. The molecule has 0 unspecified atom stereocenters. The van der Waals surface area contributed by atoms with Crippen LogP contribution in [-0.2, 0) is 6.18 Å². The lowest BCUT2D eigenvalue weighted by Crippen LogP contribution is -2.47. The van der Waals surface area contributed by atoms with Crippen LogP contribution in [0.15, 0.2) is 28.8 Å². The van der Waals surface area contributed by atoms with Gasteiger partial charge in [-0.05, 0) is 19.1 Å². The molecule has 1 aliphatic rings. The van der Waals surface area contributed by atoms with Crippen LogP contribution >= 0.6 is 0 Å². The first-order chi connectivity index (χ1) is 12.9. The van der Waals surface area contributed by atoms with E-state index in [0.717, 1.165) is 51.3 Å². The van der Waals surface area contributed by atoms with Crippen molar-refractivity contribution in [2.24, 2.45) is 0 Å². The molecule has 1 aliphatic heterocycles. The maximum absolute atomic E-state index is 12.9. The monoisotopic (exact) mass is 378 g/mol. The van der Waals surface area contributed by atoms with Gasteiger partial charge in [0.05, 0.1) is 11.6 Å². The fourth-order valence-corrected chi connectivity index (χ4v) is 3.11. The van der Waals surface area contributed by atoms with E-state index in [-0.39, 0.29) is 17.4 Å². The summed E-state index contributed by atoms with van der Waals surface area (Å²) in [4.78, 5) is 8.85. The Morgan fingerprint density at radius 2 is 2.00 bits per heavy atom. The first kappa shape index (κ1) is 19.4. The third-order valence-electron chi connectivity index (χ3n) is 4.77. The molecule has 27 heavy (non-hydrogen) atoms. The number of rotatable bonds is 5. The smallest absolute Gasteiger partial charge is 0.337 e. The first-order valence-electron chi connectivity index (χ1n) is 8.79. The van der Waals surface area contributed by atoms with Crippen molar-refractivity contribution >= 4 is 0 Å². The van der Waals surface area contributed by atoms with Crippen LogP contribution < -0.4 is 0 Å². The molecule has 1 atom stereocenters. The van der Waals surface area contributed by atoms with Gasteiger partial charge in [-0.3, -0.25) is 9.80 Å². The standard InChI is InChI=1S/C19H21F3N4O/c1-3-4-8-25-9-11-26(12-10-25)14(2)18-23-17(24-27-18)15-6-5-7-16(13-15)19(20,21)22/h1,5-7,13-14H,4,8-12H2,2H3/t14-/m0/s1. The molecule has 2 heterocycles. The molecule has 1 aromatic heterocycles. The molecule has 0 amide bonds. The minimum absolute atomic E-state index is 0.105. The van der Waals surface area contributed by atoms with E-state index in [9.17, 15) is 13.2 Å². The van der Waals surface area contributed by atoms with Crippen molar-refractivity contribution < 1.29 is 17.7 Å². The molecule has 0 saturated carbocycles. The summed E-state index contributed by atoms with van der Waals surface area (Å²) in [5, 5.41) is 3.87. The van der Waals surface area contributed by atoms with Gasteiger partial charge in [0.25, 0.3) is 0 Å². The third kappa shape index (κ3) is 4.67. The van der Waals surface area contributed by atoms with Crippen molar-refractivity contribution in [2.45, 2.75) is 25.6 Å². The van der Waals surface area contributed by atoms with Gasteiger partial charge in [0.15, 0.2) is 0 Å². The zero-order chi connectivity index (χ0) is 19.4. The average Bonchev–Trinajstić information content (AvgIpc) is 3.16. The minimum atomic E-state index is -4.41. The molecule has 0 aliphatic carbocycles. The molecule has 3 rings (SSSR count). The Balaban J connectivity index is 1.67. The number of hydrogen-bond donors (Lipinski definition) is 0. The Labute approximate surface area is 156 Å². The summed E-state index contributed by atoms with van der Waals surface area (Å²) in [7, 11) is 0. The topological polar surface area (TPSA) is 45.4 Å². The molecule has 1 fully saturated rings. The number of terminal acetylenes is 1. The molecular weight excluding hydrogens is 357 g/mol. The van der Waals surface area contributed by atoms with Gasteiger partial charge in [-0.15, -0.1) is 12.3 Å².